The summed E-state index contributed by atoms with van der Waals surface area (Å²) in [5.41, 5.74) is 3.88. The van der Waals surface area contributed by atoms with E-state index in [-0.39, 0.29) is 12.8 Å². The highest BCUT2D eigenvalue weighted by Crippen LogP contribution is 2.38. The van der Waals surface area contributed by atoms with Gasteiger partial charge < -0.3 is 5.32 Å². The molecular weight excluding hydrogens is 256 g/mol. The molecule has 1 unspecified atom stereocenters. The van der Waals surface area contributed by atoms with Gasteiger partial charge in [0.2, 0.25) is 5.92 Å². The second-order valence-corrected chi connectivity index (χ2v) is 6.22. The lowest BCUT2D eigenvalue weighted by Gasteiger charge is -2.34. The van der Waals surface area contributed by atoms with E-state index in [1.165, 1.54) is 16.7 Å². The fourth-order valence-corrected chi connectivity index (χ4v) is 3.23. The largest absolute Gasteiger partial charge is 0.316 e. The van der Waals surface area contributed by atoms with Gasteiger partial charge in [-0.05, 0) is 57.2 Å². The van der Waals surface area contributed by atoms with Crippen LogP contribution in [0.25, 0.3) is 0 Å². The fraction of sp³-hybridized carbons (Fsp3) is 0.647. The Bertz CT molecular complexity index is 446. The summed E-state index contributed by atoms with van der Waals surface area (Å²) in [6.45, 7) is 4.22. The molecule has 0 radical (unpaired) electrons. The highest BCUT2D eigenvalue weighted by molar-refractivity contribution is 5.31. The molecule has 1 atom stereocenters. The molecule has 0 heterocycles. The van der Waals surface area contributed by atoms with E-state index < -0.39 is 5.92 Å². The zero-order valence-electron chi connectivity index (χ0n) is 12.7. The summed E-state index contributed by atoms with van der Waals surface area (Å²) in [6.07, 6.45) is 2.28. The molecule has 112 valence electrons. The van der Waals surface area contributed by atoms with Gasteiger partial charge in [-0.25, -0.2) is 8.78 Å². The summed E-state index contributed by atoms with van der Waals surface area (Å²) < 4.78 is 26.5. The zero-order chi connectivity index (χ0) is 14.8. The Balaban J connectivity index is 2.04. The SMILES string of the molecule is CNC(Cc1cc(C)ccc1C)C1CCC(F)(F)CC1. The molecule has 1 saturated carbocycles. The van der Waals surface area contributed by atoms with Gasteiger partial charge in [-0.1, -0.05) is 23.8 Å². The van der Waals surface area contributed by atoms with Crippen LogP contribution < -0.4 is 5.32 Å². The molecule has 1 nitrogen and oxygen atoms in total. The molecule has 1 aliphatic carbocycles. The third-order valence-corrected chi connectivity index (χ3v) is 4.65. The summed E-state index contributed by atoms with van der Waals surface area (Å²) >= 11 is 0. The predicted octanol–water partition coefficient (Wildman–Crippen LogP) is 4.26. The van der Waals surface area contributed by atoms with Gasteiger partial charge in [0.15, 0.2) is 0 Å². The van der Waals surface area contributed by atoms with Crippen molar-refractivity contribution in [1.82, 2.24) is 5.32 Å². The maximum absolute atomic E-state index is 13.3. The number of aryl methyl sites for hydroxylation is 2. The number of halogens is 2. The van der Waals surface area contributed by atoms with Crippen LogP contribution in [-0.4, -0.2) is 19.0 Å². The van der Waals surface area contributed by atoms with E-state index in [1.54, 1.807) is 0 Å². The molecule has 1 N–H and O–H groups in total. The molecule has 0 amide bonds. The molecule has 20 heavy (non-hydrogen) atoms. The second kappa shape index (κ2) is 6.21. The standard InChI is InChI=1S/C17H25F2N/c1-12-4-5-13(2)15(10-12)11-16(20-3)14-6-8-17(18,19)9-7-14/h4-5,10,14,16,20H,6-9,11H2,1-3H3. The van der Waals surface area contributed by atoms with Gasteiger partial charge in [0.25, 0.3) is 0 Å². The lowest BCUT2D eigenvalue weighted by atomic mass is 9.79. The van der Waals surface area contributed by atoms with Crippen LogP contribution >= 0.6 is 0 Å². The third kappa shape index (κ3) is 3.78. The minimum Gasteiger partial charge on any atom is -0.316 e. The smallest absolute Gasteiger partial charge is 0.248 e. The van der Waals surface area contributed by atoms with Crippen molar-refractivity contribution in [3.8, 4) is 0 Å². The normalized spacial score (nSPS) is 20.9. The van der Waals surface area contributed by atoms with Crippen molar-refractivity contribution in [2.75, 3.05) is 7.05 Å². The first-order chi connectivity index (χ1) is 9.41. The number of alkyl halides is 2. The molecule has 3 heteroatoms. The molecule has 2 rings (SSSR count). The molecule has 0 spiro atoms. The number of benzene rings is 1. The summed E-state index contributed by atoms with van der Waals surface area (Å²) in [7, 11) is 1.95. The van der Waals surface area contributed by atoms with E-state index in [9.17, 15) is 8.78 Å². The summed E-state index contributed by atoms with van der Waals surface area (Å²) in [5.74, 6) is -2.08. The van der Waals surface area contributed by atoms with Crippen LogP contribution in [0.1, 0.15) is 42.4 Å². The third-order valence-electron chi connectivity index (χ3n) is 4.65. The minimum absolute atomic E-state index is 0.0443. The van der Waals surface area contributed by atoms with Crippen LogP contribution in [-0.2, 0) is 6.42 Å². The lowest BCUT2D eigenvalue weighted by molar-refractivity contribution is -0.0492. The Labute approximate surface area is 120 Å². The maximum Gasteiger partial charge on any atom is 0.248 e. The average molecular weight is 281 g/mol. The number of likely N-dealkylation sites (N-methyl/N-ethyl adjacent to an activating group) is 1. The molecule has 1 fully saturated rings. The second-order valence-electron chi connectivity index (χ2n) is 6.22. The predicted molar refractivity (Wildman–Crippen MR) is 79.4 cm³/mol. The maximum atomic E-state index is 13.3. The van der Waals surface area contributed by atoms with Gasteiger partial charge in [-0.3, -0.25) is 0 Å². The van der Waals surface area contributed by atoms with Gasteiger partial charge in [-0.15, -0.1) is 0 Å². The molecule has 1 aromatic rings. The first-order valence-corrected chi connectivity index (χ1v) is 7.52. The Morgan fingerprint density at radius 2 is 1.90 bits per heavy atom. The zero-order valence-corrected chi connectivity index (χ0v) is 12.7. The van der Waals surface area contributed by atoms with Crippen molar-refractivity contribution < 1.29 is 8.78 Å². The lowest BCUT2D eigenvalue weighted by Crippen LogP contribution is -2.39. The van der Waals surface area contributed by atoms with Crippen LogP contribution in [0.5, 0.6) is 0 Å². The highest BCUT2D eigenvalue weighted by Gasteiger charge is 2.37. The van der Waals surface area contributed by atoms with Crippen molar-refractivity contribution in [3.63, 3.8) is 0 Å². The van der Waals surface area contributed by atoms with E-state index in [0.29, 0.717) is 24.8 Å². The summed E-state index contributed by atoms with van der Waals surface area (Å²) in [6, 6.07) is 6.78. The van der Waals surface area contributed by atoms with Crippen molar-refractivity contribution in [3.05, 3.63) is 34.9 Å². The van der Waals surface area contributed by atoms with Gasteiger partial charge in [0.05, 0.1) is 0 Å². The van der Waals surface area contributed by atoms with E-state index in [1.807, 2.05) is 7.05 Å². The van der Waals surface area contributed by atoms with E-state index >= 15 is 0 Å². The van der Waals surface area contributed by atoms with E-state index in [2.05, 4.69) is 37.4 Å². The summed E-state index contributed by atoms with van der Waals surface area (Å²) in [5, 5.41) is 3.35. The Morgan fingerprint density at radius 1 is 1.25 bits per heavy atom. The van der Waals surface area contributed by atoms with Crippen molar-refractivity contribution in [2.45, 2.75) is 57.9 Å². The quantitative estimate of drug-likeness (QED) is 0.869. The molecule has 0 aromatic heterocycles. The molecular formula is C17H25F2N. The Hall–Kier alpha value is -0.960. The van der Waals surface area contributed by atoms with Crippen LogP contribution in [0.4, 0.5) is 8.78 Å². The van der Waals surface area contributed by atoms with E-state index in [0.717, 1.165) is 6.42 Å². The monoisotopic (exact) mass is 281 g/mol. The van der Waals surface area contributed by atoms with Crippen LogP contribution in [0, 0.1) is 19.8 Å². The first-order valence-electron chi connectivity index (χ1n) is 7.52. The average Bonchev–Trinajstić information content (AvgIpc) is 2.40. The number of rotatable bonds is 4. The highest BCUT2D eigenvalue weighted by atomic mass is 19.3. The van der Waals surface area contributed by atoms with Gasteiger partial charge >= 0.3 is 0 Å². The number of nitrogens with one attached hydrogen (secondary N) is 1. The first kappa shape index (κ1) is 15.4. The van der Waals surface area contributed by atoms with E-state index in [4.69, 9.17) is 0 Å². The van der Waals surface area contributed by atoms with Crippen LogP contribution in [0.2, 0.25) is 0 Å². The van der Waals surface area contributed by atoms with Gasteiger partial charge in [0, 0.05) is 18.9 Å². The molecule has 0 bridgehead atoms. The molecule has 0 aliphatic heterocycles. The van der Waals surface area contributed by atoms with Crippen LogP contribution in [0.15, 0.2) is 18.2 Å². The van der Waals surface area contributed by atoms with Crippen molar-refractivity contribution >= 4 is 0 Å². The summed E-state index contributed by atoms with van der Waals surface area (Å²) in [4.78, 5) is 0. The Kier molecular flexibility index (Phi) is 4.79. The molecule has 1 aromatic carbocycles. The van der Waals surface area contributed by atoms with Crippen LogP contribution in [0.3, 0.4) is 0 Å². The number of hydrogen-bond donors (Lipinski definition) is 1. The fourth-order valence-electron chi connectivity index (χ4n) is 3.23. The number of hydrogen-bond acceptors (Lipinski definition) is 1. The van der Waals surface area contributed by atoms with Crippen molar-refractivity contribution in [2.24, 2.45) is 5.92 Å². The molecule has 1 aliphatic rings. The molecule has 0 saturated heterocycles. The topological polar surface area (TPSA) is 12.0 Å². The van der Waals surface area contributed by atoms with Gasteiger partial charge in [-0.2, -0.15) is 0 Å². The minimum atomic E-state index is -2.44. The van der Waals surface area contributed by atoms with Gasteiger partial charge in [0.1, 0.15) is 0 Å². The Morgan fingerprint density at radius 3 is 2.50 bits per heavy atom. The van der Waals surface area contributed by atoms with Crippen molar-refractivity contribution in [1.29, 1.82) is 0 Å².